The number of benzene rings is 2. The zero-order chi connectivity index (χ0) is 22.8. The summed E-state index contributed by atoms with van der Waals surface area (Å²) in [4.78, 5) is 12.0. The van der Waals surface area contributed by atoms with E-state index in [0.29, 0.717) is 43.2 Å². The largest absolute Gasteiger partial charge is 0.367 e. The van der Waals surface area contributed by atoms with E-state index in [1.54, 1.807) is 24.3 Å². The van der Waals surface area contributed by atoms with Crippen LogP contribution in [0.15, 0.2) is 53.4 Å². The molecule has 174 valence electrons. The van der Waals surface area contributed by atoms with Gasteiger partial charge in [0, 0.05) is 42.6 Å². The molecular formula is C24H28ClN5O2S. The fourth-order valence-electron chi connectivity index (χ4n) is 4.64. The predicted octanol–water partition coefficient (Wildman–Crippen LogP) is 4.54. The number of nitrogens with one attached hydrogen (secondary N) is 1. The van der Waals surface area contributed by atoms with E-state index < -0.39 is 10.0 Å². The third kappa shape index (κ3) is 4.78. The van der Waals surface area contributed by atoms with Gasteiger partial charge >= 0.3 is 0 Å². The molecule has 0 radical (unpaired) electrons. The molecule has 7 nitrogen and oxygen atoms in total. The minimum Gasteiger partial charge on any atom is -0.367 e. The second-order valence-corrected chi connectivity index (χ2v) is 11.1. The van der Waals surface area contributed by atoms with E-state index in [1.807, 2.05) is 18.2 Å². The Morgan fingerprint density at radius 1 is 0.879 bits per heavy atom. The summed E-state index contributed by atoms with van der Waals surface area (Å²) in [6, 6.07) is 14.8. The summed E-state index contributed by atoms with van der Waals surface area (Å²) in [6.07, 6.45) is 6.12. The molecule has 1 saturated heterocycles. The third-order valence-electron chi connectivity index (χ3n) is 6.51. The van der Waals surface area contributed by atoms with E-state index in [2.05, 4.69) is 16.3 Å². The number of piperazine rings is 1. The summed E-state index contributed by atoms with van der Waals surface area (Å²) in [7, 11) is -3.55. The maximum Gasteiger partial charge on any atom is 0.243 e. The van der Waals surface area contributed by atoms with Crippen LogP contribution >= 0.6 is 11.6 Å². The second kappa shape index (κ2) is 9.44. The lowest BCUT2D eigenvalue weighted by molar-refractivity contribution is 0.382. The zero-order valence-corrected chi connectivity index (χ0v) is 20.0. The van der Waals surface area contributed by atoms with Crippen LogP contribution in [0, 0.1) is 0 Å². The van der Waals surface area contributed by atoms with E-state index in [-0.39, 0.29) is 4.90 Å². The predicted molar refractivity (Wildman–Crippen MR) is 132 cm³/mol. The highest BCUT2D eigenvalue weighted by Crippen LogP contribution is 2.28. The van der Waals surface area contributed by atoms with E-state index in [4.69, 9.17) is 21.6 Å². The molecule has 2 fully saturated rings. The van der Waals surface area contributed by atoms with Crippen LogP contribution in [0.3, 0.4) is 0 Å². The van der Waals surface area contributed by atoms with Gasteiger partial charge in [0.05, 0.1) is 10.4 Å². The fraction of sp³-hybridized carbons (Fsp3) is 0.417. The van der Waals surface area contributed by atoms with Crippen molar-refractivity contribution in [1.29, 1.82) is 0 Å². The normalized spacial score (nSPS) is 18.5. The van der Waals surface area contributed by atoms with Crippen LogP contribution in [0.25, 0.3) is 10.9 Å². The van der Waals surface area contributed by atoms with Crippen LogP contribution in [0.4, 0.5) is 11.8 Å². The van der Waals surface area contributed by atoms with Crippen molar-refractivity contribution in [2.24, 2.45) is 0 Å². The first-order chi connectivity index (χ1) is 16.0. The Balaban J connectivity index is 1.35. The quantitative estimate of drug-likeness (QED) is 0.571. The Morgan fingerprint density at radius 3 is 2.30 bits per heavy atom. The minimum absolute atomic E-state index is 0.265. The molecule has 1 aromatic heterocycles. The Bertz CT molecular complexity index is 1220. The molecule has 0 atom stereocenters. The topological polar surface area (TPSA) is 78.4 Å². The molecule has 0 spiro atoms. The molecular weight excluding hydrogens is 458 g/mol. The van der Waals surface area contributed by atoms with Gasteiger partial charge in [0.1, 0.15) is 5.82 Å². The highest BCUT2D eigenvalue weighted by molar-refractivity contribution is 7.89. The first kappa shape index (κ1) is 22.4. The molecule has 1 saturated carbocycles. The Labute approximate surface area is 199 Å². The lowest BCUT2D eigenvalue weighted by Crippen LogP contribution is -2.49. The SMILES string of the molecule is O=S(=O)(c1ccc(Cl)cc1)N1CCN(c2nc(NC3CCCCC3)c3ccccc3n2)CC1. The Kier molecular flexibility index (Phi) is 6.40. The van der Waals surface area contributed by atoms with Crippen LogP contribution in [-0.2, 0) is 10.0 Å². The second-order valence-electron chi connectivity index (χ2n) is 8.71. The first-order valence-electron chi connectivity index (χ1n) is 11.5. The standard InChI is InChI=1S/C24H28ClN5O2S/c25-18-10-12-20(13-11-18)33(31,32)30-16-14-29(15-17-30)24-27-22-9-5-4-8-21(22)23(28-24)26-19-6-2-1-3-7-19/h4-5,8-13,19H,1-3,6-7,14-17H2,(H,26,27,28). The van der Waals surface area contributed by atoms with Crippen LogP contribution in [-0.4, -0.2) is 54.9 Å². The maximum absolute atomic E-state index is 13.0. The molecule has 33 heavy (non-hydrogen) atoms. The van der Waals surface area contributed by atoms with E-state index in [1.165, 1.54) is 23.6 Å². The molecule has 2 aliphatic rings. The van der Waals surface area contributed by atoms with Crippen LogP contribution in [0.5, 0.6) is 0 Å². The maximum atomic E-state index is 13.0. The fourth-order valence-corrected chi connectivity index (χ4v) is 6.19. The van der Waals surface area contributed by atoms with Gasteiger partial charge in [-0.15, -0.1) is 0 Å². The van der Waals surface area contributed by atoms with Gasteiger partial charge in [-0.05, 0) is 49.2 Å². The Morgan fingerprint density at radius 2 is 1.58 bits per heavy atom. The first-order valence-corrected chi connectivity index (χ1v) is 13.4. The van der Waals surface area contributed by atoms with Crippen molar-refractivity contribution in [3.05, 3.63) is 53.6 Å². The lowest BCUT2D eigenvalue weighted by Gasteiger charge is -2.34. The summed E-state index contributed by atoms with van der Waals surface area (Å²) in [5.41, 5.74) is 0.900. The zero-order valence-electron chi connectivity index (χ0n) is 18.5. The Hall–Kier alpha value is -2.42. The van der Waals surface area contributed by atoms with E-state index in [9.17, 15) is 8.42 Å². The lowest BCUT2D eigenvalue weighted by atomic mass is 9.95. The summed E-state index contributed by atoms with van der Waals surface area (Å²) < 4.78 is 27.6. The number of aromatic nitrogens is 2. The average Bonchev–Trinajstić information content (AvgIpc) is 2.85. The van der Waals surface area contributed by atoms with Crippen molar-refractivity contribution in [3.63, 3.8) is 0 Å². The molecule has 2 aromatic carbocycles. The van der Waals surface area contributed by atoms with Crippen LogP contribution in [0.1, 0.15) is 32.1 Å². The number of nitrogens with zero attached hydrogens (tertiary/aromatic N) is 4. The minimum atomic E-state index is -3.55. The van der Waals surface area contributed by atoms with Gasteiger partial charge in [0.2, 0.25) is 16.0 Å². The number of fused-ring (bicyclic) bond motifs is 1. The van der Waals surface area contributed by atoms with Gasteiger partial charge in [-0.1, -0.05) is 43.0 Å². The summed E-state index contributed by atoms with van der Waals surface area (Å²) >= 11 is 5.92. The molecule has 1 aliphatic carbocycles. The van der Waals surface area contributed by atoms with Crippen molar-refractivity contribution in [2.45, 2.75) is 43.0 Å². The van der Waals surface area contributed by atoms with E-state index >= 15 is 0 Å². The molecule has 0 unspecified atom stereocenters. The van der Waals surface area contributed by atoms with Crippen molar-refractivity contribution in [1.82, 2.24) is 14.3 Å². The summed E-state index contributed by atoms with van der Waals surface area (Å²) in [5, 5.41) is 5.21. The number of rotatable bonds is 5. The highest BCUT2D eigenvalue weighted by atomic mass is 35.5. The smallest absolute Gasteiger partial charge is 0.243 e. The van der Waals surface area contributed by atoms with Gasteiger partial charge in [-0.25, -0.2) is 13.4 Å². The molecule has 1 aliphatic heterocycles. The molecule has 1 N–H and O–H groups in total. The number of hydrogen-bond acceptors (Lipinski definition) is 6. The molecule has 2 heterocycles. The third-order valence-corrected chi connectivity index (χ3v) is 8.68. The summed E-state index contributed by atoms with van der Waals surface area (Å²) in [5.74, 6) is 1.52. The van der Waals surface area contributed by atoms with E-state index in [0.717, 1.165) is 29.6 Å². The number of sulfonamides is 1. The number of anilines is 2. The summed E-state index contributed by atoms with van der Waals surface area (Å²) in [6.45, 7) is 1.83. The van der Waals surface area contributed by atoms with Crippen molar-refractivity contribution in [3.8, 4) is 0 Å². The molecule has 3 aromatic rings. The highest BCUT2D eigenvalue weighted by Gasteiger charge is 2.29. The van der Waals surface area contributed by atoms with Gasteiger partial charge in [0.25, 0.3) is 0 Å². The number of halogens is 1. The number of hydrogen-bond donors (Lipinski definition) is 1. The van der Waals surface area contributed by atoms with Gasteiger partial charge < -0.3 is 10.2 Å². The van der Waals surface area contributed by atoms with Crippen molar-refractivity contribution in [2.75, 3.05) is 36.4 Å². The van der Waals surface area contributed by atoms with Crippen molar-refractivity contribution < 1.29 is 8.42 Å². The van der Waals surface area contributed by atoms with Crippen molar-refractivity contribution >= 4 is 44.3 Å². The van der Waals surface area contributed by atoms with Gasteiger partial charge in [-0.2, -0.15) is 9.29 Å². The monoisotopic (exact) mass is 485 g/mol. The van der Waals surface area contributed by atoms with Crippen LogP contribution in [0.2, 0.25) is 5.02 Å². The van der Waals surface area contributed by atoms with Gasteiger partial charge in [0.15, 0.2) is 0 Å². The molecule has 0 bridgehead atoms. The van der Waals surface area contributed by atoms with Gasteiger partial charge in [-0.3, -0.25) is 0 Å². The van der Waals surface area contributed by atoms with Crippen LogP contribution < -0.4 is 10.2 Å². The number of para-hydroxylation sites is 1. The molecule has 9 heteroatoms. The average molecular weight is 486 g/mol. The molecule has 0 amide bonds. The molecule has 5 rings (SSSR count).